The largest absolute Gasteiger partial charge is 0.481 e. The maximum Gasteiger partial charge on any atom is 0.306 e. The topological polar surface area (TPSA) is 75.1 Å². The second kappa shape index (κ2) is 3.53. The van der Waals surface area contributed by atoms with Gasteiger partial charge < -0.3 is 10.4 Å². The summed E-state index contributed by atoms with van der Waals surface area (Å²) >= 11 is 1.32. The Labute approximate surface area is 85.3 Å². The lowest BCUT2D eigenvalue weighted by Crippen LogP contribution is -2.39. The van der Waals surface area contributed by atoms with Crippen LogP contribution in [0, 0.1) is 12.8 Å². The van der Waals surface area contributed by atoms with E-state index in [1.807, 2.05) is 6.92 Å². The molecule has 0 amide bonds. The van der Waals surface area contributed by atoms with Crippen LogP contribution in [0.2, 0.25) is 0 Å². The molecule has 5 nitrogen and oxygen atoms in total. The number of carboxylic acids is 1. The number of nitrogens with one attached hydrogen (secondary N) is 1. The molecule has 1 saturated carbocycles. The number of aromatic nitrogens is 2. The van der Waals surface area contributed by atoms with Crippen LogP contribution in [-0.4, -0.2) is 26.5 Å². The molecule has 1 aromatic rings. The second-order valence-corrected chi connectivity index (χ2v) is 4.25. The molecule has 14 heavy (non-hydrogen) atoms. The summed E-state index contributed by atoms with van der Waals surface area (Å²) in [6.45, 7) is 1.84. The summed E-state index contributed by atoms with van der Waals surface area (Å²) in [4.78, 5) is 14.7. The number of nitrogens with zero attached hydrogens (tertiary/aromatic N) is 2. The summed E-state index contributed by atoms with van der Waals surface area (Å²) in [5.74, 6) is -0.121. The SMILES string of the molecule is Cc1nsc(NC2CC(C(=O)O)C2)n1. The van der Waals surface area contributed by atoms with Crippen LogP contribution in [0.5, 0.6) is 0 Å². The van der Waals surface area contributed by atoms with Gasteiger partial charge in [-0.05, 0) is 19.8 Å². The van der Waals surface area contributed by atoms with Gasteiger partial charge in [0.15, 0.2) is 0 Å². The van der Waals surface area contributed by atoms with Crippen molar-refractivity contribution in [3.05, 3.63) is 5.82 Å². The smallest absolute Gasteiger partial charge is 0.306 e. The van der Waals surface area contributed by atoms with Gasteiger partial charge in [-0.1, -0.05) is 0 Å². The first kappa shape index (κ1) is 9.39. The van der Waals surface area contributed by atoms with E-state index in [1.165, 1.54) is 11.5 Å². The quantitative estimate of drug-likeness (QED) is 0.787. The highest BCUT2D eigenvalue weighted by Crippen LogP contribution is 2.30. The van der Waals surface area contributed by atoms with Gasteiger partial charge in [-0.25, -0.2) is 4.98 Å². The molecule has 0 aromatic carbocycles. The Balaban J connectivity index is 1.82. The summed E-state index contributed by atoms with van der Waals surface area (Å²) in [6.07, 6.45) is 1.38. The van der Waals surface area contributed by atoms with Gasteiger partial charge in [0.2, 0.25) is 5.13 Å². The third kappa shape index (κ3) is 1.84. The number of hydrogen-bond acceptors (Lipinski definition) is 5. The van der Waals surface area contributed by atoms with Gasteiger partial charge in [0.05, 0.1) is 5.92 Å². The molecule has 2 N–H and O–H groups in total. The lowest BCUT2D eigenvalue weighted by molar-refractivity contribution is -0.144. The molecule has 1 aliphatic carbocycles. The number of rotatable bonds is 3. The molecular formula is C8H11N3O2S. The Morgan fingerprint density at radius 1 is 1.64 bits per heavy atom. The highest BCUT2D eigenvalue weighted by atomic mass is 32.1. The van der Waals surface area contributed by atoms with E-state index in [2.05, 4.69) is 14.7 Å². The van der Waals surface area contributed by atoms with Crippen molar-refractivity contribution in [2.75, 3.05) is 5.32 Å². The first-order valence-corrected chi connectivity index (χ1v) is 5.22. The second-order valence-electron chi connectivity index (χ2n) is 3.49. The van der Waals surface area contributed by atoms with Gasteiger partial charge >= 0.3 is 5.97 Å². The number of carboxylic acid groups (broad SMARTS) is 1. The van der Waals surface area contributed by atoms with Gasteiger partial charge in [0.1, 0.15) is 5.82 Å². The fourth-order valence-electron chi connectivity index (χ4n) is 1.47. The van der Waals surface area contributed by atoms with Crippen LogP contribution in [0.4, 0.5) is 5.13 Å². The number of hydrogen-bond donors (Lipinski definition) is 2. The average Bonchev–Trinajstić information content (AvgIpc) is 2.42. The highest BCUT2D eigenvalue weighted by molar-refractivity contribution is 7.09. The predicted molar refractivity (Wildman–Crippen MR) is 52.4 cm³/mol. The number of anilines is 1. The molecule has 76 valence electrons. The van der Waals surface area contributed by atoms with E-state index in [9.17, 15) is 4.79 Å². The minimum atomic E-state index is -0.698. The summed E-state index contributed by atoms with van der Waals surface area (Å²) in [7, 11) is 0. The third-order valence-corrected chi connectivity index (χ3v) is 3.08. The standard InChI is InChI=1S/C8H11N3O2S/c1-4-9-8(14-11-4)10-6-2-5(3-6)7(12)13/h5-6H,2-3H2,1H3,(H,12,13)(H,9,10,11). The molecule has 0 unspecified atom stereocenters. The zero-order valence-electron chi connectivity index (χ0n) is 7.73. The van der Waals surface area contributed by atoms with E-state index < -0.39 is 5.97 Å². The number of carbonyl (C=O) groups is 1. The zero-order chi connectivity index (χ0) is 10.1. The minimum absolute atomic E-state index is 0.179. The summed E-state index contributed by atoms with van der Waals surface area (Å²) < 4.78 is 4.03. The Kier molecular flexibility index (Phi) is 2.37. The molecule has 1 aromatic heterocycles. The van der Waals surface area contributed by atoms with Crippen molar-refractivity contribution in [1.82, 2.24) is 9.36 Å². The fourth-order valence-corrected chi connectivity index (χ4v) is 2.12. The van der Waals surface area contributed by atoms with E-state index in [4.69, 9.17) is 5.11 Å². The predicted octanol–water partition coefficient (Wildman–Crippen LogP) is 1.12. The van der Waals surface area contributed by atoms with Crippen LogP contribution >= 0.6 is 11.5 Å². The molecule has 0 bridgehead atoms. The van der Waals surface area contributed by atoms with E-state index >= 15 is 0 Å². The molecular weight excluding hydrogens is 202 g/mol. The van der Waals surface area contributed by atoms with Gasteiger partial charge in [-0.15, -0.1) is 0 Å². The van der Waals surface area contributed by atoms with Gasteiger partial charge in [0, 0.05) is 17.6 Å². The summed E-state index contributed by atoms with van der Waals surface area (Å²) in [6, 6.07) is 0.253. The Morgan fingerprint density at radius 2 is 2.36 bits per heavy atom. The maximum absolute atomic E-state index is 10.5. The van der Waals surface area contributed by atoms with Gasteiger partial charge in [-0.3, -0.25) is 4.79 Å². The van der Waals surface area contributed by atoms with Crippen molar-refractivity contribution in [3.8, 4) is 0 Å². The number of aryl methyl sites for hydroxylation is 1. The Bertz CT molecular complexity index is 346. The molecule has 2 rings (SSSR count). The molecule has 0 radical (unpaired) electrons. The van der Waals surface area contributed by atoms with Crippen LogP contribution in [-0.2, 0) is 4.79 Å². The molecule has 1 aliphatic rings. The lowest BCUT2D eigenvalue weighted by atomic mass is 9.80. The highest BCUT2D eigenvalue weighted by Gasteiger charge is 2.34. The lowest BCUT2D eigenvalue weighted by Gasteiger charge is -2.32. The first-order chi connectivity index (χ1) is 6.65. The maximum atomic E-state index is 10.5. The zero-order valence-corrected chi connectivity index (χ0v) is 8.54. The summed E-state index contributed by atoms with van der Waals surface area (Å²) in [5.41, 5.74) is 0. The molecule has 0 spiro atoms. The fraction of sp³-hybridized carbons (Fsp3) is 0.625. The van der Waals surface area contributed by atoms with Crippen LogP contribution in [0.25, 0.3) is 0 Å². The van der Waals surface area contributed by atoms with E-state index in [0.717, 1.165) is 11.0 Å². The van der Waals surface area contributed by atoms with Crippen molar-refractivity contribution in [1.29, 1.82) is 0 Å². The molecule has 6 heteroatoms. The first-order valence-electron chi connectivity index (χ1n) is 4.45. The van der Waals surface area contributed by atoms with Crippen LogP contribution < -0.4 is 5.32 Å². The molecule has 0 atom stereocenters. The average molecular weight is 213 g/mol. The monoisotopic (exact) mass is 213 g/mol. The number of aliphatic carboxylic acids is 1. The van der Waals surface area contributed by atoms with Gasteiger partial charge in [0.25, 0.3) is 0 Å². The molecule has 1 heterocycles. The van der Waals surface area contributed by atoms with Crippen LogP contribution in [0.3, 0.4) is 0 Å². The van der Waals surface area contributed by atoms with Crippen LogP contribution in [0.1, 0.15) is 18.7 Å². The van der Waals surface area contributed by atoms with Crippen molar-refractivity contribution in [2.24, 2.45) is 5.92 Å². The van der Waals surface area contributed by atoms with Crippen molar-refractivity contribution < 1.29 is 9.90 Å². The Hall–Kier alpha value is -1.17. The molecule has 0 aliphatic heterocycles. The molecule has 1 fully saturated rings. The van der Waals surface area contributed by atoms with Gasteiger partial charge in [-0.2, -0.15) is 4.37 Å². The summed E-state index contributed by atoms with van der Waals surface area (Å²) in [5, 5.41) is 12.6. The van der Waals surface area contributed by atoms with E-state index in [1.54, 1.807) is 0 Å². The van der Waals surface area contributed by atoms with Crippen molar-refractivity contribution >= 4 is 22.6 Å². The molecule has 0 saturated heterocycles. The van der Waals surface area contributed by atoms with E-state index in [-0.39, 0.29) is 12.0 Å². The van der Waals surface area contributed by atoms with Crippen molar-refractivity contribution in [2.45, 2.75) is 25.8 Å². The minimum Gasteiger partial charge on any atom is -0.481 e. The Morgan fingerprint density at radius 3 is 2.86 bits per heavy atom. The van der Waals surface area contributed by atoms with E-state index in [0.29, 0.717) is 12.8 Å². The third-order valence-electron chi connectivity index (χ3n) is 2.34. The normalized spacial score (nSPS) is 25.5. The van der Waals surface area contributed by atoms with Crippen LogP contribution in [0.15, 0.2) is 0 Å². The van der Waals surface area contributed by atoms with Crippen molar-refractivity contribution in [3.63, 3.8) is 0 Å².